The van der Waals surface area contributed by atoms with Crippen molar-refractivity contribution >= 4 is 21.4 Å². The lowest BCUT2D eigenvalue weighted by molar-refractivity contribution is 0.171. The molecule has 7 heteroatoms. The van der Waals surface area contributed by atoms with Gasteiger partial charge in [-0.1, -0.05) is 0 Å². The molecule has 0 bridgehead atoms. The van der Waals surface area contributed by atoms with Crippen molar-refractivity contribution in [2.24, 2.45) is 0 Å². The van der Waals surface area contributed by atoms with E-state index < -0.39 is 10.0 Å². The fourth-order valence-electron chi connectivity index (χ4n) is 1.53. The van der Waals surface area contributed by atoms with Crippen LogP contribution in [0, 0.1) is 0 Å². The van der Waals surface area contributed by atoms with E-state index in [1.807, 2.05) is 13.8 Å². The van der Waals surface area contributed by atoms with Crippen LogP contribution < -0.4 is 0 Å². The number of methoxy groups -OCH3 is 1. The van der Waals surface area contributed by atoms with Crippen molar-refractivity contribution < 1.29 is 18.3 Å². The summed E-state index contributed by atoms with van der Waals surface area (Å²) in [5.41, 5.74) is 0. The molecule has 104 valence electrons. The Kier molecular flexibility index (Phi) is 5.74. The number of nitrogens with zero attached hydrogens (tertiary/aromatic N) is 1. The molecule has 0 fully saturated rings. The second kappa shape index (κ2) is 6.63. The van der Waals surface area contributed by atoms with Crippen molar-refractivity contribution in [3.8, 4) is 0 Å². The van der Waals surface area contributed by atoms with Crippen molar-refractivity contribution in [3.05, 3.63) is 17.0 Å². The number of rotatable bonds is 7. The standard InChI is InChI=1S/C11H19NO4S2/c1-9(2)12(6-7-16-3)18(14,15)11-5-4-10(8-13)17-11/h4-5,9,13H,6-8H2,1-3H3. The zero-order valence-corrected chi connectivity index (χ0v) is 12.4. The number of ether oxygens (including phenoxy) is 1. The van der Waals surface area contributed by atoms with E-state index in [4.69, 9.17) is 9.84 Å². The summed E-state index contributed by atoms with van der Waals surface area (Å²) >= 11 is 1.10. The first-order chi connectivity index (χ1) is 8.43. The maximum absolute atomic E-state index is 12.4. The van der Waals surface area contributed by atoms with E-state index in [2.05, 4.69) is 0 Å². The highest BCUT2D eigenvalue weighted by molar-refractivity contribution is 7.91. The number of hydrogen-bond donors (Lipinski definition) is 1. The Morgan fingerprint density at radius 1 is 1.44 bits per heavy atom. The van der Waals surface area contributed by atoms with Crippen LogP contribution in [0.4, 0.5) is 0 Å². The summed E-state index contributed by atoms with van der Waals surface area (Å²) in [6.07, 6.45) is 0. The number of hydrogen-bond acceptors (Lipinski definition) is 5. The lowest BCUT2D eigenvalue weighted by Crippen LogP contribution is -2.38. The van der Waals surface area contributed by atoms with Crippen LogP contribution in [0.25, 0.3) is 0 Å². The van der Waals surface area contributed by atoms with E-state index in [0.717, 1.165) is 11.3 Å². The van der Waals surface area contributed by atoms with Gasteiger partial charge in [0.1, 0.15) is 4.21 Å². The number of thiophene rings is 1. The summed E-state index contributed by atoms with van der Waals surface area (Å²) in [5.74, 6) is 0. The molecule has 1 heterocycles. The van der Waals surface area contributed by atoms with Crippen molar-refractivity contribution in [2.75, 3.05) is 20.3 Å². The Morgan fingerprint density at radius 3 is 2.56 bits per heavy atom. The first kappa shape index (κ1) is 15.6. The molecule has 0 aliphatic heterocycles. The summed E-state index contributed by atoms with van der Waals surface area (Å²) in [6, 6.07) is 3.03. The molecule has 0 aromatic carbocycles. The SMILES string of the molecule is COCCN(C(C)C)S(=O)(=O)c1ccc(CO)s1. The van der Waals surface area contributed by atoms with Gasteiger partial charge in [-0.25, -0.2) is 8.42 Å². The zero-order chi connectivity index (χ0) is 13.8. The van der Waals surface area contributed by atoms with E-state index >= 15 is 0 Å². The van der Waals surface area contributed by atoms with Crippen molar-refractivity contribution in [3.63, 3.8) is 0 Å². The monoisotopic (exact) mass is 293 g/mol. The zero-order valence-electron chi connectivity index (χ0n) is 10.8. The van der Waals surface area contributed by atoms with E-state index in [9.17, 15) is 8.42 Å². The van der Waals surface area contributed by atoms with Crippen LogP contribution in [0.5, 0.6) is 0 Å². The molecule has 0 amide bonds. The molecular weight excluding hydrogens is 274 g/mol. The van der Waals surface area contributed by atoms with Gasteiger partial charge in [0.25, 0.3) is 10.0 Å². The van der Waals surface area contributed by atoms with Gasteiger partial charge in [-0.2, -0.15) is 4.31 Å². The van der Waals surface area contributed by atoms with Crippen molar-refractivity contribution in [2.45, 2.75) is 30.7 Å². The predicted molar refractivity (Wildman–Crippen MR) is 71.1 cm³/mol. The van der Waals surface area contributed by atoms with E-state index in [1.54, 1.807) is 13.2 Å². The summed E-state index contributed by atoms with van der Waals surface area (Å²) < 4.78 is 31.4. The molecular formula is C11H19NO4S2. The van der Waals surface area contributed by atoms with E-state index in [1.165, 1.54) is 10.4 Å². The van der Waals surface area contributed by atoms with Crippen LogP contribution in [0.1, 0.15) is 18.7 Å². The molecule has 1 N–H and O–H groups in total. The Bertz CT molecular complexity index is 467. The molecule has 0 aliphatic carbocycles. The normalized spacial score (nSPS) is 12.6. The second-order valence-corrected chi connectivity index (χ2v) is 7.37. The van der Waals surface area contributed by atoms with Crippen molar-refractivity contribution in [1.82, 2.24) is 4.31 Å². The molecule has 1 aromatic heterocycles. The summed E-state index contributed by atoms with van der Waals surface area (Å²) in [5, 5.41) is 8.99. The molecule has 0 saturated heterocycles. The van der Waals surface area contributed by atoms with Gasteiger partial charge in [-0.3, -0.25) is 0 Å². The third-order valence-electron chi connectivity index (χ3n) is 2.45. The van der Waals surface area contributed by atoms with Crippen LogP contribution >= 0.6 is 11.3 Å². The molecule has 0 radical (unpaired) electrons. The topological polar surface area (TPSA) is 66.8 Å². The molecule has 0 unspecified atom stereocenters. The Labute approximate surface area is 112 Å². The van der Waals surface area contributed by atoms with Gasteiger partial charge in [0, 0.05) is 24.6 Å². The highest BCUT2D eigenvalue weighted by Crippen LogP contribution is 2.26. The smallest absolute Gasteiger partial charge is 0.252 e. The molecule has 0 atom stereocenters. The van der Waals surface area contributed by atoms with Crippen LogP contribution in [-0.2, 0) is 21.4 Å². The van der Waals surface area contributed by atoms with E-state index in [-0.39, 0.29) is 16.9 Å². The largest absolute Gasteiger partial charge is 0.391 e. The molecule has 0 saturated carbocycles. The first-order valence-electron chi connectivity index (χ1n) is 5.63. The number of aliphatic hydroxyl groups excluding tert-OH is 1. The predicted octanol–water partition coefficient (Wildman–Crippen LogP) is 1.29. The van der Waals surface area contributed by atoms with E-state index in [0.29, 0.717) is 18.0 Å². The fraction of sp³-hybridized carbons (Fsp3) is 0.636. The van der Waals surface area contributed by atoms with Crippen LogP contribution in [-0.4, -0.2) is 44.1 Å². The van der Waals surface area contributed by atoms with Crippen molar-refractivity contribution in [1.29, 1.82) is 0 Å². The van der Waals surface area contributed by atoms with Crippen LogP contribution in [0.15, 0.2) is 16.3 Å². The van der Waals surface area contributed by atoms with Crippen LogP contribution in [0.3, 0.4) is 0 Å². The fourth-order valence-corrected chi connectivity index (χ4v) is 4.50. The summed E-state index contributed by atoms with van der Waals surface area (Å²) in [6.45, 7) is 4.19. The van der Waals surface area contributed by atoms with Gasteiger partial charge in [0.15, 0.2) is 0 Å². The Balaban J connectivity index is 3.00. The lowest BCUT2D eigenvalue weighted by atomic mass is 10.4. The molecule has 0 aliphatic rings. The average molecular weight is 293 g/mol. The minimum Gasteiger partial charge on any atom is -0.391 e. The molecule has 1 rings (SSSR count). The lowest BCUT2D eigenvalue weighted by Gasteiger charge is -2.24. The third-order valence-corrected chi connectivity index (χ3v) is 6.06. The number of aliphatic hydroxyl groups is 1. The number of sulfonamides is 1. The van der Waals surface area contributed by atoms with Crippen LogP contribution in [0.2, 0.25) is 0 Å². The van der Waals surface area contributed by atoms with Gasteiger partial charge < -0.3 is 9.84 Å². The third kappa shape index (κ3) is 3.52. The maximum atomic E-state index is 12.4. The minimum absolute atomic E-state index is 0.134. The second-order valence-electron chi connectivity index (χ2n) is 4.08. The maximum Gasteiger partial charge on any atom is 0.252 e. The van der Waals surface area contributed by atoms with Gasteiger partial charge in [0.2, 0.25) is 0 Å². The molecule has 1 aromatic rings. The first-order valence-corrected chi connectivity index (χ1v) is 7.89. The molecule has 5 nitrogen and oxygen atoms in total. The van der Waals surface area contributed by atoms with Gasteiger partial charge in [-0.15, -0.1) is 11.3 Å². The summed E-state index contributed by atoms with van der Waals surface area (Å²) in [7, 11) is -1.96. The summed E-state index contributed by atoms with van der Waals surface area (Å²) in [4.78, 5) is 0.643. The highest BCUT2D eigenvalue weighted by Gasteiger charge is 2.28. The molecule has 0 spiro atoms. The Morgan fingerprint density at radius 2 is 2.11 bits per heavy atom. The van der Waals surface area contributed by atoms with Gasteiger partial charge in [0.05, 0.1) is 13.2 Å². The molecule has 18 heavy (non-hydrogen) atoms. The van der Waals surface area contributed by atoms with Gasteiger partial charge in [-0.05, 0) is 26.0 Å². The average Bonchev–Trinajstić information content (AvgIpc) is 2.77. The highest BCUT2D eigenvalue weighted by atomic mass is 32.2. The Hall–Kier alpha value is -0.470. The van der Waals surface area contributed by atoms with Gasteiger partial charge >= 0.3 is 0 Å². The quantitative estimate of drug-likeness (QED) is 0.822. The minimum atomic E-state index is -3.50.